The first kappa shape index (κ1) is 12.1. The molecule has 4 heteroatoms. The molecule has 0 aliphatic rings. The van der Waals surface area contributed by atoms with Gasteiger partial charge < -0.3 is 9.72 Å². The lowest BCUT2D eigenvalue weighted by atomic mass is 10.1. The molecule has 0 amide bonds. The summed E-state index contributed by atoms with van der Waals surface area (Å²) in [7, 11) is 1.62. The molecule has 0 aliphatic heterocycles. The second-order valence-corrected chi connectivity index (χ2v) is 4.70. The van der Waals surface area contributed by atoms with E-state index < -0.39 is 0 Å². The second-order valence-electron chi connectivity index (χ2n) is 4.26. The minimum absolute atomic E-state index is 0.345. The number of fused-ring (bicyclic) bond motifs is 1. The van der Waals surface area contributed by atoms with Crippen molar-refractivity contribution >= 4 is 22.5 Å². The molecular formula is C15H11ClFNO. The number of halogens is 2. The number of rotatable bonds is 2. The average Bonchev–Trinajstić information content (AvgIpc) is 2.83. The molecule has 0 aliphatic carbocycles. The maximum atomic E-state index is 13.8. The van der Waals surface area contributed by atoms with Gasteiger partial charge in [0, 0.05) is 16.1 Å². The third kappa shape index (κ3) is 2.17. The van der Waals surface area contributed by atoms with Gasteiger partial charge in [-0.2, -0.15) is 0 Å². The Hall–Kier alpha value is -2.00. The summed E-state index contributed by atoms with van der Waals surface area (Å²) in [6.45, 7) is 0. The molecule has 0 fully saturated rings. The van der Waals surface area contributed by atoms with Gasteiger partial charge in [-0.1, -0.05) is 11.6 Å². The van der Waals surface area contributed by atoms with Gasteiger partial charge in [0.1, 0.15) is 11.6 Å². The van der Waals surface area contributed by atoms with E-state index in [9.17, 15) is 4.39 Å². The minimum Gasteiger partial charge on any atom is -0.497 e. The van der Waals surface area contributed by atoms with Crippen LogP contribution in [0.2, 0.25) is 5.02 Å². The quantitative estimate of drug-likeness (QED) is 0.724. The van der Waals surface area contributed by atoms with Crippen molar-refractivity contribution in [2.24, 2.45) is 0 Å². The molecule has 0 unspecified atom stereocenters. The molecule has 0 saturated carbocycles. The van der Waals surface area contributed by atoms with Gasteiger partial charge in [0.2, 0.25) is 0 Å². The first-order valence-electron chi connectivity index (χ1n) is 5.79. The molecule has 0 bridgehead atoms. The number of aromatic amines is 1. The van der Waals surface area contributed by atoms with E-state index in [1.54, 1.807) is 13.2 Å². The second kappa shape index (κ2) is 4.59. The standard InChI is InChI=1S/C15H11ClFNO/c1-19-12-4-2-9(3-5-12)14-7-10-6-11(16)8-13(17)15(10)18-14/h2-8,18H,1H3. The van der Waals surface area contributed by atoms with Gasteiger partial charge in [-0.25, -0.2) is 4.39 Å². The zero-order chi connectivity index (χ0) is 13.4. The Morgan fingerprint density at radius 3 is 2.53 bits per heavy atom. The van der Waals surface area contributed by atoms with Crippen LogP contribution < -0.4 is 4.74 Å². The lowest BCUT2D eigenvalue weighted by molar-refractivity contribution is 0.415. The molecule has 2 aromatic carbocycles. The van der Waals surface area contributed by atoms with Gasteiger partial charge in [0.25, 0.3) is 0 Å². The molecule has 19 heavy (non-hydrogen) atoms. The van der Waals surface area contributed by atoms with Crippen LogP contribution in [0.4, 0.5) is 4.39 Å². The molecule has 3 aromatic rings. The summed E-state index contributed by atoms with van der Waals surface area (Å²) in [4.78, 5) is 3.07. The van der Waals surface area contributed by atoms with Gasteiger partial charge >= 0.3 is 0 Å². The number of nitrogens with one attached hydrogen (secondary N) is 1. The average molecular weight is 276 g/mol. The van der Waals surface area contributed by atoms with Crippen molar-refractivity contribution in [1.29, 1.82) is 0 Å². The van der Waals surface area contributed by atoms with Crippen LogP contribution in [0, 0.1) is 5.82 Å². The smallest absolute Gasteiger partial charge is 0.148 e. The van der Waals surface area contributed by atoms with Crippen molar-refractivity contribution in [2.45, 2.75) is 0 Å². The normalized spacial score (nSPS) is 10.9. The number of hydrogen-bond donors (Lipinski definition) is 1. The number of benzene rings is 2. The van der Waals surface area contributed by atoms with Crippen LogP contribution >= 0.6 is 11.6 Å². The molecule has 0 radical (unpaired) electrons. The van der Waals surface area contributed by atoms with Gasteiger partial charge in [0.15, 0.2) is 0 Å². The molecule has 0 atom stereocenters. The number of H-pyrrole nitrogens is 1. The van der Waals surface area contributed by atoms with Crippen LogP contribution in [0.25, 0.3) is 22.2 Å². The lowest BCUT2D eigenvalue weighted by Gasteiger charge is -2.01. The predicted molar refractivity (Wildman–Crippen MR) is 75.3 cm³/mol. The van der Waals surface area contributed by atoms with Crippen LogP contribution in [-0.2, 0) is 0 Å². The molecule has 0 spiro atoms. The monoisotopic (exact) mass is 275 g/mol. The van der Waals surface area contributed by atoms with Gasteiger partial charge in [-0.05, 0) is 48.0 Å². The van der Waals surface area contributed by atoms with Gasteiger partial charge in [-0.3, -0.25) is 0 Å². The van der Waals surface area contributed by atoms with E-state index in [1.807, 2.05) is 30.3 Å². The highest BCUT2D eigenvalue weighted by atomic mass is 35.5. The number of hydrogen-bond acceptors (Lipinski definition) is 1. The van der Waals surface area contributed by atoms with E-state index >= 15 is 0 Å². The Bertz CT molecular complexity index is 734. The molecule has 1 N–H and O–H groups in total. The highest BCUT2D eigenvalue weighted by Gasteiger charge is 2.08. The summed E-state index contributed by atoms with van der Waals surface area (Å²) in [5.74, 6) is 0.441. The fourth-order valence-electron chi connectivity index (χ4n) is 2.09. The van der Waals surface area contributed by atoms with Crippen molar-refractivity contribution in [3.05, 3.63) is 53.3 Å². The third-order valence-electron chi connectivity index (χ3n) is 3.05. The minimum atomic E-state index is -0.345. The molecule has 96 valence electrons. The van der Waals surface area contributed by atoms with E-state index in [4.69, 9.17) is 16.3 Å². The van der Waals surface area contributed by atoms with Crippen molar-refractivity contribution in [3.8, 4) is 17.0 Å². The maximum absolute atomic E-state index is 13.8. The molecule has 3 rings (SSSR count). The Morgan fingerprint density at radius 1 is 1.11 bits per heavy atom. The summed E-state index contributed by atoms with van der Waals surface area (Å²) in [6.07, 6.45) is 0. The van der Waals surface area contributed by atoms with Crippen molar-refractivity contribution in [2.75, 3.05) is 7.11 Å². The van der Waals surface area contributed by atoms with E-state index in [2.05, 4.69) is 4.98 Å². The Kier molecular flexibility index (Phi) is 2.91. The zero-order valence-electron chi connectivity index (χ0n) is 10.2. The predicted octanol–water partition coefficient (Wildman–Crippen LogP) is 4.64. The lowest BCUT2D eigenvalue weighted by Crippen LogP contribution is -1.82. The summed E-state index contributed by atoms with van der Waals surface area (Å²) in [5.41, 5.74) is 2.28. The van der Waals surface area contributed by atoms with E-state index in [1.165, 1.54) is 6.07 Å². The molecule has 0 saturated heterocycles. The highest BCUT2D eigenvalue weighted by Crippen LogP contribution is 2.29. The summed E-state index contributed by atoms with van der Waals surface area (Å²) >= 11 is 5.85. The number of aromatic nitrogens is 1. The first-order chi connectivity index (χ1) is 9.17. The molecule has 1 aromatic heterocycles. The Morgan fingerprint density at radius 2 is 1.84 bits per heavy atom. The Labute approximate surface area is 114 Å². The van der Waals surface area contributed by atoms with E-state index in [-0.39, 0.29) is 5.82 Å². The maximum Gasteiger partial charge on any atom is 0.148 e. The SMILES string of the molecule is COc1ccc(-c2cc3cc(Cl)cc(F)c3[nH]2)cc1. The van der Waals surface area contributed by atoms with E-state index in [0.29, 0.717) is 10.5 Å². The van der Waals surface area contributed by atoms with Gasteiger partial charge in [0.05, 0.1) is 12.6 Å². The van der Waals surface area contributed by atoms with Crippen LogP contribution in [0.1, 0.15) is 0 Å². The van der Waals surface area contributed by atoms with Crippen LogP contribution in [0.15, 0.2) is 42.5 Å². The van der Waals surface area contributed by atoms with Crippen molar-refractivity contribution in [3.63, 3.8) is 0 Å². The molecular weight excluding hydrogens is 265 g/mol. The first-order valence-corrected chi connectivity index (χ1v) is 6.17. The van der Waals surface area contributed by atoms with Crippen LogP contribution in [-0.4, -0.2) is 12.1 Å². The third-order valence-corrected chi connectivity index (χ3v) is 3.26. The zero-order valence-corrected chi connectivity index (χ0v) is 11.0. The fourth-order valence-corrected chi connectivity index (χ4v) is 2.30. The van der Waals surface area contributed by atoms with Crippen molar-refractivity contribution < 1.29 is 9.13 Å². The highest BCUT2D eigenvalue weighted by molar-refractivity contribution is 6.31. The number of ether oxygens (including phenoxy) is 1. The fraction of sp³-hybridized carbons (Fsp3) is 0.0667. The molecule has 1 heterocycles. The molecule has 2 nitrogen and oxygen atoms in total. The van der Waals surface area contributed by atoms with Crippen LogP contribution in [0.3, 0.4) is 0 Å². The van der Waals surface area contributed by atoms with Gasteiger partial charge in [-0.15, -0.1) is 0 Å². The summed E-state index contributed by atoms with van der Waals surface area (Å²) < 4.78 is 18.9. The van der Waals surface area contributed by atoms with Crippen LogP contribution in [0.5, 0.6) is 5.75 Å². The summed E-state index contributed by atoms with van der Waals surface area (Å²) in [6, 6.07) is 12.5. The number of methoxy groups -OCH3 is 1. The van der Waals surface area contributed by atoms with Crippen molar-refractivity contribution in [1.82, 2.24) is 4.98 Å². The van der Waals surface area contributed by atoms with E-state index in [0.717, 1.165) is 22.4 Å². The topological polar surface area (TPSA) is 25.0 Å². The Balaban J connectivity index is 2.12. The summed E-state index contributed by atoms with van der Waals surface area (Å²) in [5, 5.41) is 1.15. The largest absolute Gasteiger partial charge is 0.497 e.